The monoisotopic (exact) mass is 411 g/mol. The van der Waals surface area contributed by atoms with E-state index in [-0.39, 0.29) is 11.3 Å². The van der Waals surface area contributed by atoms with E-state index < -0.39 is 0 Å². The van der Waals surface area contributed by atoms with Gasteiger partial charge in [0.05, 0.1) is 32.1 Å². The van der Waals surface area contributed by atoms with Gasteiger partial charge in [-0.15, -0.1) is 0 Å². The van der Waals surface area contributed by atoms with Gasteiger partial charge in [0, 0.05) is 16.7 Å². The molecule has 0 saturated carbocycles. The highest BCUT2D eigenvalue weighted by Gasteiger charge is 2.11. The molecule has 0 bridgehead atoms. The first-order chi connectivity index (χ1) is 14.1. The van der Waals surface area contributed by atoms with Crippen LogP contribution in [0.15, 0.2) is 53.3 Å². The normalized spacial score (nSPS) is 10.9. The number of H-pyrrole nitrogens is 1. The quantitative estimate of drug-likeness (QED) is 0.505. The highest BCUT2D eigenvalue weighted by molar-refractivity contribution is 6.30. The Bertz CT molecular complexity index is 1220. The summed E-state index contributed by atoms with van der Waals surface area (Å²) in [7, 11) is 3.18. The molecule has 0 atom stereocenters. The second-order valence-electron chi connectivity index (χ2n) is 6.22. The average Bonchev–Trinajstić information content (AvgIpc) is 3.17. The number of fused-ring (bicyclic) bond motifs is 1. The van der Waals surface area contributed by atoms with Gasteiger partial charge in [0.15, 0.2) is 5.82 Å². The van der Waals surface area contributed by atoms with Crippen molar-refractivity contribution in [3.8, 4) is 22.9 Å². The van der Waals surface area contributed by atoms with Crippen LogP contribution < -0.4 is 20.3 Å². The van der Waals surface area contributed by atoms with Crippen LogP contribution in [0.25, 0.3) is 17.2 Å². The molecule has 0 spiro atoms. The second-order valence-corrected chi connectivity index (χ2v) is 6.66. The number of halogens is 1. The van der Waals surface area contributed by atoms with Crippen LogP contribution in [0.1, 0.15) is 5.69 Å². The molecule has 148 valence electrons. The van der Waals surface area contributed by atoms with Gasteiger partial charge in [0.25, 0.3) is 11.3 Å². The molecule has 2 heterocycles. The van der Waals surface area contributed by atoms with E-state index >= 15 is 0 Å². The average molecular weight is 412 g/mol. The van der Waals surface area contributed by atoms with Crippen molar-refractivity contribution in [2.75, 3.05) is 19.5 Å². The summed E-state index contributed by atoms with van der Waals surface area (Å²) < 4.78 is 11.8. The van der Waals surface area contributed by atoms with Gasteiger partial charge in [-0.05, 0) is 42.5 Å². The van der Waals surface area contributed by atoms with Crippen molar-refractivity contribution in [2.24, 2.45) is 0 Å². The van der Waals surface area contributed by atoms with Crippen molar-refractivity contribution >= 4 is 23.1 Å². The Balaban J connectivity index is 1.62. The minimum absolute atomic E-state index is 0.253. The van der Waals surface area contributed by atoms with Crippen LogP contribution in [0.2, 0.25) is 5.02 Å². The summed E-state index contributed by atoms with van der Waals surface area (Å²) >= 11 is 6.05. The van der Waals surface area contributed by atoms with Crippen molar-refractivity contribution in [1.29, 1.82) is 0 Å². The van der Waals surface area contributed by atoms with Crippen LogP contribution >= 0.6 is 11.6 Å². The highest BCUT2D eigenvalue weighted by atomic mass is 35.5. The summed E-state index contributed by atoms with van der Waals surface area (Å²) in [6.07, 6.45) is 0. The van der Waals surface area contributed by atoms with Gasteiger partial charge in [0.2, 0.25) is 0 Å². The number of aromatic amines is 1. The lowest BCUT2D eigenvalue weighted by atomic mass is 10.2. The summed E-state index contributed by atoms with van der Waals surface area (Å²) in [6.45, 7) is 0.313. The standard InChI is InChI=1S/C20H18ClN5O3/c1-28-15-6-3-12(4-7-15)19-24-20-23-14(10-18(27)26(20)25-19)11-22-16-9-13(21)5-8-17(16)29-2/h3-10,22H,11H2,1-2H3,(H,23,24,25). The van der Waals surface area contributed by atoms with Gasteiger partial charge in [-0.1, -0.05) is 11.6 Å². The fourth-order valence-corrected chi connectivity index (χ4v) is 3.07. The van der Waals surface area contributed by atoms with E-state index in [0.717, 1.165) is 11.3 Å². The van der Waals surface area contributed by atoms with Gasteiger partial charge >= 0.3 is 0 Å². The van der Waals surface area contributed by atoms with Crippen LogP contribution in [0, 0.1) is 0 Å². The number of anilines is 1. The van der Waals surface area contributed by atoms with E-state index in [9.17, 15) is 4.79 Å². The maximum Gasteiger partial charge on any atom is 0.274 e. The Labute approximate surface area is 171 Å². The van der Waals surface area contributed by atoms with E-state index in [0.29, 0.717) is 34.5 Å². The Morgan fingerprint density at radius 2 is 1.86 bits per heavy atom. The van der Waals surface area contributed by atoms with Crippen LogP contribution in [-0.4, -0.2) is 33.8 Å². The molecule has 8 nitrogen and oxygen atoms in total. The van der Waals surface area contributed by atoms with Gasteiger partial charge in [0.1, 0.15) is 11.5 Å². The molecule has 9 heteroatoms. The van der Waals surface area contributed by atoms with Crippen molar-refractivity contribution < 1.29 is 9.47 Å². The maximum absolute atomic E-state index is 12.5. The molecule has 29 heavy (non-hydrogen) atoms. The molecule has 0 amide bonds. The smallest absolute Gasteiger partial charge is 0.274 e. The summed E-state index contributed by atoms with van der Waals surface area (Å²) in [5.41, 5.74) is 1.82. The maximum atomic E-state index is 12.5. The number of benzene rings is 2. The molecule has 4 rings (SSSR count). The third-order valence-corrected chi connectivity index (χ3v) is 4.60. The van der Waals surface area contributed by atoms with Crippen molar-refractivity contribution in [1.82, 2.24) is 19.6 Å². The van der Waals surface area contributed by atoms with Gasteiger partial charge in [-0.25, -0.2) is 4.98 Å². The first-order valence-corrected chi connectivity index (χ1v) is 9.15. The predicted molar refractivity (Wildman–Crippen MR) is 111 cm³/mol. The number of nitrogens with one attached hydrogen (secondary N) is 2. The SMILES string of the molecule is COc1ccc(-c2nc3nc(CNc4cc(Cl)ccc4OC)cc(=O)n3[nH]2)cc1. The van der Waals surface area contributed by atoms with Crippen molar-refractivity contribution in [2.45, 2.75) is 6.54 Å². The van der Waals surface area contributed by atoms with E-state index in [1.165, 1.54) is 10.6 Å². The number of nitrogens with zero attached hydrogens (tertiary/aromatic N) is 3. The fourth-order valence-electron chi connectivity index (χ4n) is 2.90. The molecular weight excluding hydrogens is 394 g/mol. The number of rotatable bonds is 6. The Hall–Kier alpha value is -3.52. The lowest BCUT2D eigenvalue weighted by Crippen LogP contribution is -2.17. The lowest BCUT2D eigenvalue weighted by Gasteiger charge is -2.11. The molecule has 0 unspecified atom stereocenters. The summed E-state index contributed by atoms with van der Waals surface area (Å²) in [5, 5.41) is 6.75. The first kappa shape index (κ1) is 18.8. The fraction of sp³-hybridized carbons (Fsp3) is 0.150. The molecule has 0 aliphatic carbocycles. The van der Waals surface area contributed by atoms with E-state index in [2.05, 4.69) is 20.4 Å². The van der Waals surface area contributed by atoms with Gasteiger partial charge < -0.3 is 14.8 Å². The molecule has 2 aromatic carbocycles. The Morgan fingerprint density at radius 1 is 1.07 bits per heavy atom. The molecule has 0 aliphatic heterocycles. The van der Waals surface area contributed by atoms with Crippen LogP contribution in [-0.2, 0) is 6.54 Å². The van der Waals surface area contributed by atoms with Crippen LogP contribution in [0.5, 0.6) is 11.5 Å². The molecule has 2 N–H and O–H groups in total. The molecule has 0 radical (unpaired) electrons. The Kier molecular flexibility index (Phi) is 5.09. The van der Waals surface area contributed by atoms with Crippen LogP contribution in [0.3, 0.4) is 0 Å². The zero-order valence-corrected chi connectivity index (χ0v) is 16.5. The molecule has 0 saturated heterocycles. The zero-order chi connectivity index (χ0) is 20.4. The van der Waals surface area contributed by atoms with Gasteiger partial charge in [-0.3, -0.25) is 9.89 Å². The number of hydrogen-bond donors (Lipinski definition) is 2. The molecule has 4 aromatic rings. The third kappa shape index (κ3) is 3.88. The van der Waals surface area contributed by atoms with Crippen molar-refractivity contribution in [3.63, 3.8) is 0 Å². The number of methoxy groups -OCH3 is 2. The summed E-state index contributed by atoms with van der Waals surface area (Å²) in [4.78, 5) is 21.4. The lowest BCUT2D eigenvalue weighted by molar-refractivity contribution is 0.415. The minimum Gasteiger partial charge on any atom is -0.497 e. The summed E-state index contributed by atoms with van der Waals surface area (Å²) in [5.74, 6) is 2.22. The largest absolute Gasteiger partial charge is 0.497 e. The molecule has 2 aromatic heterocycles. The van der Waals surface area contributed by atoms with E-state index in [1.54, 1.807) is 32.4 Å². The molecular formula is C20H18ClN5O3. The molecule has 0 aliphatic rings. The highest BCUT2D eigenvalue weighted by Crippen LogP contribution is 2.28. The van der Waals surface area contributed by atoms with Crippen molar-refractivity contribution in [3.05, 3.63) is 69.6 Å². The Morgan fingerprint density at radius 3 is 2.59 bits per heavy atom. The molecule has 0 fully saturated rings. The zero-order valence-electron chi connectivity index (χ0n) is 15.8. The van der Waals surface area contributed by atoms with Gasteiger partial charge in [-0.2, -0.15) is 9.50 Å². The number of hydrogen-bond acceptors (Lipinski definition) is 6. The van der Waals surface area contributed by atoms with E-state index in [1.807, 2.05) is 24.3 Å². The minimum atomic E-state index is -0.253. The third-order valence-electron chi connectivity index (χ3n) is 4.37. The number of aromatic nitrogens is 4. The topological polar surface area (TPSA) is 93.5 Å². The first-order valence-electron chi connectivity index (χ1n) is 8.78. The second kappa shape index (κ2) is 7.84. The predicted octanol–water partition coefficient (Wildman–Crippen LogP) is 3.37. The number of ether oxygens (including phenoxy) is 2. The van der Waals surface area contributed by atoms with Crippen LogP contribution in [0.4, 0.5) is 5.69 Å². The summed E-state index contributed by atoms with van der Waals surface area (Å²) in [6, 6.07) is 14.1. The van der Waals surface area contributed by atoms with E-state index in [4.69, 9.17) is 21.1 Å².